The molecule has 0 bridgehead atoms. The summed E-state index contributed by atoms with van der Waals surface area (Å²) in [7, 11) is 2.21. The van der Waals surface area contributed by atoms with Gasteiger partial charge in [0.2, 0.25) is 15.9 Å². The molecular weight excluding hydrogens is 430 g/mol. The molecule has 0 aliphatic rings. The summed E-state index contributed by atoms with van der Waals surface area (Å²) in [5.74, 6) is -0.00138. The molecule has 0 aliphatic carbocycles. The monoisotopic (exact) mass is 463 g/mol. The SMILES string of the molecule is COCCN(CCCc1ccccc1)CC(=O)Nc1ccc(OC)c(S(=O)(=O)N(C)C)c1. The van der Waals surface area contributed by atoms with Crippen molar-refractivity contribution in [2.75, 3.05) is 59.9 Å². The van der Waals surface area contributed by atoms with E-state index < -0.39 is 10.0 Å². The highest BCUT2D eigenvalue weighted by molar-refractivity contribution is 7.89. The minimum Gasteiger partial charge on any atom is -0.495 e. The number of hydrogen-bond acceptors (Lipinski definition) is 6. The second kappa shape index (κ2) is 12.5. The number of anilines is 1. The maximum Gasteiger partial charge on any atom is 0.246 e. The molecule has 0 saturated heterocycles. The smallest absolute Gasteiger partial charge is 0.246 e. The molecule has 1 N–H and O–H groups in total. The van der Waals surface area contributed by atoms with Crippen molar-refractivity contribution in [3.8, 4) is 5.75 Å². The normalized spacial score (nSPS) is 11.7. The Morgan fingerprint density at radius 1 is 1.03 bits per heavy atom. The number of nitrogens with one attached hydrogen (secondary N) is 1. The number of hydrogen-bond donors (Lipinski definition) is 1. The summed E-state index contributed by atoms with van der Waals surface area (Å²) in [6.07, 6.45) is 1.84. The molecule has 0 aromatic heterocycles. The van der Waals surface area contributed by atoms with Gasteiger partial charge < -0.3 is 14.8 Å². The zero-order valence-electron chi connectivity index (χ0n) is 19.2. The number of carbonyl (C=O) groups is 1. The van der Waals surface area contributed by atoms with Crippen LogP contribution in [0.3, 0.4) is 0 Å². The molecular formula is C23H33N3O5S. The summed E-state index contributed by atoms with van der Waals surface area (Å²) in [4.78, 5) is 14.7. The number of aryl methyl sites for hydroxylation is 1. The van der Waals surface area contributed by atoms with Gasteiger partial charge in [0.1, 0.15) is 10.6 Å². The van der Waals surface area contributed by atoms with Gasteiger partial charge in [0.25, 0.3) is 0 Å². The van der Waals surface area contributed by atoms with Crippen molar-refractivity contribution in [2.45, 2.75) is 17.7 Å². The third kappa shape index (κ3) is 7.59. The Kier molecular flexibility index (Phi) is 10.1. The number of methoxy groups -OCH3 is 2. The molecule has 0 aliphatic heterocycles. The predicted molar refractivity (Wildman–Crippen MR) is 126 cm³/mol. The Morgan fingerprint density at radius 2 is 1.75 bits per heavy atom. The first-order valence-electron chi connectivity index (χ1n) is 10.4. The van der Waals surface area contributed by atoms with Crippen molar-refractivity contribution in [3.63, 3.8) is 0 Å². The first-order valence-corrected chi connectivity index (χ1v) is 11.9. The Bertz CT molecular complexity index is 965. The van der Waals surface area contributed by atoms with Gasteiger partial charge in [-0.3, -0.25) is 9.69 Å². The van der Waals surface area contributed by atoms with Crippen LogP contribution in [0.1, 0.15) is 12.0 Å². The predicted octanol–water partition coefficient (Wildman–Crippen LogP) is 2.47. The van der Waals surface area contributed by atoms with E-state index in [0.29, 0.717) is 18.8 Å². The van der Waals surface area contributed by atoms with E-state index in [1.54, 1.807) is 13.2 Å². The van der Waals surface area contributed by atoms with Gasteiger partial charge in [-0.15, -0.1) is 0 Å². The largest absolute Gasteiger partial charge is 0.495 e. The van der Waals surface area contributed by atoms with Gasteiger partial charge >= 0.3 is 0 Å². The molecule has 8 nitrogen and oxygen atoms in total. The summed E-state index contributed by atoms with van der Waals surface area (Å²) in [6.45, 7) is 2.07. The van der Waals surface area contributed by atoms with Crippen LogP contribution >= 0.6 is 0 Å². The van der Waals surface area contributed by atoms with Crippen molar-refractivity contribution in [1.29, 1.82) is 0 Å². The minimum absolute atomic E-state index is 0.00176. The van der Waals surface area contributed by atoms with Crippen LogP contribution < -0.4 is 10.1 Å². The highest BCUT2D eigenvalue weighted by Gasteiger charge is 2.23. The van der Waals surface area contributed by atoms with E-state index in [0.717, 1.165) is 23.7 Å². The van der Waals surface area contributed by atoms with Crippen LogP contribution in [0.15, 0.2) is 53.4 Å². The highest BCUT2D eigenvalue weighted by Crippen LogP contribution is 2.28. The number of sulfonamides is 1. The van der Waals surface area contributed by atoms with Crippen LogP contribution in [0, 0.1) is 0 Å². The molecule has 176 valence electrons. The molecule has 0 spiro atoms. The maximum atomic E-state index is 12.7. The molecule has 0 heterocycles. The van der Waals surface area contributed by atoms with Crippen LogP contribution in [-0.2, 0) is 26.0 Å². The van der Waals surface area contributed by atoms with Gasteiger partial charge in [-0.2, -0.15) is 0 Å². The molecule has 0 atom stereocenters. The Balaban J connectivity index is 2.03. The van der Waals surface area contributed by atoms with E-state index >= 15 is 0 Å². The van der Waals surface area contributed by atoms with E-state index in [4.69, 9.17) is 9.47 Å². The third-order valence-corrected chi connectivity index (χ3v) is 6.80. The van der Waals surface area contributed by atoms with E-state index in [1.165, 1.54) is 38.9 Å². The molecule has 2 aromatic rings. The molecule has 0 fully saturated rings. The second-order valence-corrected chi connectivity index (χ2v) is 9.68. The lowest BCUT2D eigenvalue weighted by Gasteiger charge is -2.22. The van der Waals surface area contributed by atoms with E-state index in [-0.39, 0.29) is 23.1 Å². The van der Waals surface area contributed by atoms with Crippen LogP contribution in [-0.4, -0.2) is 78.1 Å². The van der Waals surface area contributed by atoms with Gasteiger partial charge in [-0.05, 0) is 43.1 Å². The van der Waals surface area contributed by atoms with Crippen LogP contribution in [0.25, 0.3) is 0 Å². The van der Waals surface area contributed by atoms with Gasteiger partial charge in [0.15, 0.2) is 0 Å². The molecule has 9 heteroatoms. The van der Waals surface area contributed by atoms with E-state index in [9.17, 15) is 13.2 Å². The standard InChI is InChI=1S/C23H33N3O5S/c1-25(2)32(28,29)22-17-20(12-13-21(22)31-4)24-23(27)18-26(15-16-30-3)14-8-11-19-9-6-5-7-10-19/h5-7,9-10,12-13,17H,8,11,14-16,18H2,1-4H3,(H,24,27). The minimum atomic E-state index is -3.72. The molecule has 2 rings (SSSR count). The van der Waals surface area contributed by atoms with Crippen molar-refractivity contribution >= 4 is 21.6 Å². The summed E-state index contributed by atoms with van der Waals surface area (Å²) < 4.78 is 36.7. The van der Waals surface area contributed by atoms with E-state index in [1.807, 2.05) is 23.1 Å². The molecule has 2 aromatic carbocycles. The second-order valence-electron chi connectivity index (χ2n) is 7.56. The Hall–Kier alpha value is -2.46. The van der Waals surface area contributed by atoms with Crippen LogP contribution in [0.4, 0.5) is 5.69 Å². The highest BCUT2D eigenvalue weighted by atomic mass is 32.2. The molecule has 32 heavy (non-hydrogen) atoms. The number of carbonyl (C=O) groups excluding carboxylic acids is 1. The Morgan fingerprint density at radius 3 is 2.38 bits per heavy atom. The van der Waals surface area contributed by atoms with Crippen molar-refractivity contribution < 1.29 is 22.7 Å². The molecule has 0 unspecified atom stereocenters. The zero-order chi connectivity index (χ0) is 23.6. The summed E-state index contributed by atoms with van der Waals surface area (Å²) >= 11 is 0. The lowest BCUT2D eigenvalue weighted by Crippen LogP contribution is -2.36. The number of amides is 1. The maximum absolute atomic E-state index is 12.7. The lowest BCUT2D eigenvalue weighted by atomic mass is 10.1. The fraction of sp³-hybridized carbons (Fsp3) is 0.435. The van der Waals surface area contributed by atoms with Crippen LogP contribution in [0.2, 0.25) is 0 Å². The topological polar surface area (TPSA) is 88.2 Å². The Labute approximate surface area is 191 Å². The molecule has 0 saturated carbocycles. The first kappa shape index (κ1) is 25.8. The first-order chi connectivity index (χ1) is 15.3. The van der Waals surface area contributed by atoms with Gasteiger partial charge in [-0.25, -0.2) is 12.7 Å². The lowest BCUT2D eigenvalue weighted by molar-refractivity contribution is -0.117. The number of benzene rings is 2. The fourth-order valence-electron chi connectivity index (χ4n) is 3.20. The number of ether oxygens (including phenoxy) is 2. The van der Waals surface area contributed by atoms with Gasteiger partial charge in [-0.1, -0.05) is 30.3 Å². The zero-order valence-corrected chi connectivity index (χ0v) is 20.0. The van der Waals surface area contributed by atoms with Crippen molar-refractivity contribution in [3.05, 3.63) is 54.1 Å². The fourth-order valence-corrected chi connectivity index (χ4v) is 4.27. The summed E-state index contributed by atoms with van der Waals surface area (Å²) in [5, 5.41) is 2.80. The van der Waals surface area contributed by atoms with E-state index in [2.05, 4.69) is 17.4 Å². The number of rotatable bonds is 13. The molecule has 0 radical (unpaired) electrons. The third-order valence-electron chi connectivity index (χ3n) is 4.97. The average Bonchev–Trinajstić information content (AvgIpc) is 2.77. The quantitative estimate of drug-likeness (QED) is 0.491. The van der Waals surface area contributed by atoms with Crippen LogP contribution in [0.5, 0.6) is 5.75 Å². The average molecular weight is 464 g/mol. The van der Waals surface area contributed by atoms with Gasteiger partial charge in [0, 0.05) is 33.4 Å². The summed E-state index contributed by atoms with van der Waals surface area (Å²) in [6, 6.07) is 14.8. The van der Waals surface area contributed by atoms with Crippen molar-refractivity contribution in [2.24, 2.45) is 0 Å². The van der Waals surface area contributed by atoms with Gasteiger partial charge in [0.05, 0.1) is 20.3 Å². The summed E-state index contributed by atoms with van der Waals surface area (Å²) in [5.41, 5.74) is 1.66. The molecule has 1 amide bonds. The number of nitrogens with zero attached hydrogens (tertiary/aromatic N) is 2. The van der Waals surface area contributed by atoms with Crippen molar-refractivity contribution in [1.82, 2.24) is 9.21 Å².